The zero-order valence-corrected chi connectivity index (χ0v) is 24.7. The molecule has 230 valence electrons. The lowest BCUT2D eigenvalue weighted by Crippen LogP contribution is -2.17. The zero-order valence-electron chi connectivity index (χ0n) is 24.7. The Morgan fingerprint density at radius 1 is 0.977 bits per heavy atom. The van der Waals surface area contributed by atoms with E-state index in [1.807, 2.05) is 38.1 Å². The summed E-state index contributed by atoms with van der Waals surface area (Å²) in [4.78, 5) is 35.3. The van der Waals surface area contributed by atoms with Gasteiger partial charge in [0.05, 0.1) is 24.4 Å². The molecule has 4 aromatic rings. The van der Waals surface area contributed by atoms with Crippen LogP contribution >= 0.6 is 0 Å². The van der Waals surface area contributed by atoms with Crippen molar-refractivity contribution in [2.75, 3.05) is 19.8 Å². The minimum absolute atomic E-state index is 0.00152. The molecule has 0 aliphatic rings. The number of nitro groups is 1. The van der Waals surface area contributed by atoms with Crippen LogP contribution in [0.15, 0.2) is 70.2 Å². The highest BCUT2D eigenvalue weighted by molar-refractivity contribution is 5.92. The predicted molar refractivity (Wildman–Crippen MR) is 160 cm³/mol. The van der Waals surface area contributed by atoms with E-state index in [-0.39, 0.29) is 42.6 Å². The van der Waals surface area contributed by atoms with E-state index in [9.17, 15) is 19.7 Å². The summed E-state index contributed by atoms with van der Waals surface area (Å²) < 4.78 is 29.2. The van der Waals surface area contributed by atoms with Crippen molar-refractivity contribution >= 4 is 23.8 Å². The number of ether oxygens (including phenoxy) is 4. The lowest BCUT2D eigenvalue weighted by molar-refractivity contribution is -0.385. The second-order valence-electron chi connectivity index (χ2n) is 9.35. The highest BCUT2D eigenvalue weighted by Gasteiger charge is 2.23. The number of carbonyl (C=O) groups excluding carboxylic acids is 2. The van der Waals surface area contributed by atoms with Crippen molar-refractivity contribution in [3.63, 3.8) is 0 Å². The van der Waals surface area contributed by atoms with Gasteiger partial charge in [-0.3, -0.25) is 14.9 Å². The number of rotatable bonds is 14. The van der Waals surface area contributed by atoms with Crippen molar-refractivity contribution < 1.29 is 37.9 Å². The first-order chi connectivity index (χ1) is 21.2. The summed E-state index contributed by atoms with van der Waals surface area (Å²) in [5.74, 6) is -0.450. The molecule has 2 aromatic heterocycles. The molecule has 1 amide bonds. The molecule has 0 unspecified atom stereocenters. The number of esters is 1. The molecule has 0 spiro atoms. The van der Waals surface area contributed by atoms with E-state index in [1.54, 1.807) is 19.9 Å². The second kappa shape index (κ2) is 14.5. The molecule has 4 rings (SSSR count). The van der Waals surface area contributed by atoms with Crippen molar-refractivity contribution in [3.05, 3.63) is 99.2 Å². The number of nitrogens with zero attached hydrogens (tertiary/aromatic N) is 3. The second-order valence-corrected chi connectivity index (χ2v) is 9.35. The van der Waals surface area contributed by atoms with E-state index in [0.29, 0.717) is 11.5 Å². The number of hydrazone groups is 1. The number of hydrogen-bond acceptors (Lipinski definition) is 10. The SMILES string of the molecule is CCOC(=O)COc1c(OCC)cc(/C=N/NC(=O)c2ccc(COc3ccc(-n4c(C)ccc4C)cc3)o2)cc1[N+](=O)[O-]. The average molecular weight is 605 g/mol. The normalized spacial score (nSPS) is 10.9. The van der Waals surface area contributed by atoms with Crippen LogP contribution in [0.1, 0.15) is 47.1 Å². The van der Waals surface area contributed by atoms with Crippen molar-refractivity contribution in [2.45, 2.75) is 34.3 Å². The first-order valence-corrected chi connectivity index (χ1v) is 13.7. The Bertz CT molecular complexity index is 1640. The predicted octanol–water partition coefficient (Wildman–Crippen LogP) is 5.28. The quantitative estimate of drug-likeness (QED) is 0.0875. The molecule has 0 fully saturated rings. The van der Waals surface area contributed by atoms with Gasteiger partial charge in [-0.15, -0.1) is 0 Å². The summed E-state index contributed by atoms with van der Waals surface area (Å²) >= 11 is 0. The minimum atomic E-state index is -0.683. The number of hydrogen-bond donors (Lipinski definition) is 1. The van der Waals surface area contributed by atoms with Gasteiger partial charge < -0.3 is 27.9 Å². The molecule has 0 bridgehead atoms. The summed E-state index contributed by atoms with van der Waals surface area (Å²) in [6.45, 7) is 7.29. The van der Waals surface area contributed by atoms with E-state index in [1.165, 1.54) is 24.4 Å². The lowest BCUT2D eigenvalue weighted by Gasteiger charge is -2.12. The molecule has 0 saturated heterocycles. The van der Waals surface area contributed by atoms with Crippen molar-refractivity contribution in [2.24, 2.45) is 5.10 Å². The molecular formula is C31H32N4O9. The van der Waals surface area contributed by atoms with Gasteiger partial charge >= 0.3 is 17.6 Å². The molecule has 2 aromatic carbocycles. The summed E-state index contributed by atoms with van der Waals surface area (Å²) in [7, 11) is 0. The molecule has 1 N–H and O–H groups in total. The largest absolute Gasteiger partial charge is 0.490 e. The van der Waals surface area contributed by atoms with Crippen LogP contribution < -0.4 is 19.6 Å². The van der Waals surface area contributed by atoms with Gasteiger partial charge in [0.25, 0.3) is 0 Å². The molecule has 2 heterocycles. The molecule has 0 aliphatic heterocycles. The summed E-state index contributed by atoms with van der Waals surface area (Å²) in [6, 6.07) is 17.5. The third-order valence-electron chi connectivity index (χ3n) is 6.21. The van der Waals surface area contributed by atoms with Gasteiger partial charge in [0.15, 0.2) is 18.1 Å². The van der Waals surface area contributed by atoms with Gasteiger partial charge in [-0.05, 0) is 82.3 Å². The fraction of sp³-hybridized carbons (Fsp3) is 0.258. The number of nitro benzene ring substituents is 1. The molecule has 0 saturated carbocycles. The molecule has 0 radical (unpaired) electrons. The number of amides is 1. The van der Waals surface area contributed by atoms with Gasteiger partial charge in [-0.2, -0.15) is 5.10 Å². The lowest BCUT2D eigenvalue weighted by atomic mass is 10.2. The van der Waals surface area contributed by atoms with Crippen LogP contribution in [-0.4, -0.2) is 47.4 Å². The van der Waals surface area contributed by atoms with Crippen molar-refractivity contribution in [1.82, 2.24) is 9.99 Å². The van der Waals surface area contributed by atoms with E-state index in [2.05, 4.69) is 27.2 Å². The number of nitrogens with one attached hydrogen (secondary N) is 1. The Labute approximate surface area is 253 Å². The first kappa shape index (κ1) is 31.3. The van der Waals surface area contributed by atoms with E-state index in [0.717, 1.165) is 17.1 Å². The fourth-order valence-corrected chi connectivity index (χ4v) is 4.28. The average Bonchev–Trinajstić information content (AvgIpc) is 3.61. The summed E-state index contributed by atoms with van der Waals surface area (Å²) in [5, 5.41) is 15.6. The third-order valence-corrected chi connectivity index (χ3v) is 6.21. The Morgan fingerprint density at radius 3 is 2.36 bits per heavy atom. The van der Waals surface area contributed by atoms with Crippen LogP contribution in [0.4, 0.5) is 5.69 Å². The zero-order chi connectivity index (χ0) is 31.6. The van der Waals surface area contributed by atoms with Gasteiger partial charge in [0.2, 0.25) is 5.75 Å². The Hall–Kier alpha value is -5.59. The van der Waals surface area contributed by atoms with Crippen LogP contribution in [0.5, 0.6) is 17.2 Å². The highest BCUT2D eigenvalue weighted by atomic mass is 16.6. The number of aromatic nitrogens is 1. The molecule has 13 nitrogen and oxygen atoms in total. The fourth-order valence-electron chi connectivity index (χ4n) is 4.28. The standard InChI is InChI=1S/C31H32N4O9/c1-5-40-28-16-22(15-26(35(38)39)30(28)43-19-29(36)41-6-2)17-32-33-31(37)27-14-13-25(44-27)18-42-24-11-9-23(10-12-24)34-20(3)7-8-21(34)4/h7-17H,5-6,18-19H2,1-4H3,(H,33,37)/b32-17+. The van der Waals surface area contributed by atoms with Crippen LogP contribution in [0.25, 0.3) is 5.69 Å². The van der Waals surface area contributed by atoms with E-state index >= 15 is 0 Å². The van der Waals surface area contributed by atoms with Crippen LogP contribution in [0.2, 0.25) is 0 Å². The number of furan rings is 1. The number of carbonyl (C=O) groups is 2. The number of benzene rings is 2. The summed E-state index contributed by atoms with van der Waals surface area (Å²) in [5.41, 5.74) is 5.40. The van der Waals surface area contributed by atoms with E-state index in [4.69, 9.17) is 23.4 Å². The van der Waals surface area contributed by atoms with Crippen LogP contribution in [0.3, 0.4) is 0 Å². The maximum Gasteiger partial charge on any atom is 0.344 e. The van der Waals surface area contributed by atoms with Crippen LogP contribution in [-0.2, 0) is 16.1 Å². The Kier molecular flexibility index (Phi) is 10.4. The smallest absolute Gasteiger partial charge is 0.344 e. The maximum absolute atomic E-state index is 12.6. The van der Waals surface area contributed by atoms with Gasteiger partial charge in [-0.1, -0.05) is 0 Å². The summed E-state index contributed by atoms with van der Waals surface area (Å²) in [6.07, 6.45) is 1.20. The molecule has 0 atom stereocenters. The van der Waals surface area contributed by atoms with Gasteiger partial charge in [0.1, 0.15) is 18.1 Å². The maximum atomic E-state index is 12.6. The topological polar surface area (TPSA) is 157 Å². The monoisotopic (exact) mass is 604 g/mol. The Morgan fingerprint density at radius 2 is 1.70 bits per heavy atom. The van der Waals surface area contributed by atoms with Crippen molar-refractivity contribution in [1.29, 1.82) is 0 Å². The molecule has 13 heteroatoms. The van der Waals surface area contributed by atoms with Crippen LogP contribution in [0, 0.1) is 24.0 Å². The highest BCUT2D eigenvalue weighted by Crippen LogP contribution is 2.38. The minimum Gasteiger partial charge on any atom is -0.490 e. The van der Waals surface area contributed by atoms with E-state index < -0.39 is 29.1 Å². The molecule has 44 heavy (non-hydrogen) atoms. The first-order valence-electron chi connectivity index (χ1n) is 13.7. The Balaban J connectivity index is 1.37. The molecule has 0 aliphatic carbocycles. The number of aryl methyl sites for hydroxylation is 2. The molecular weight excluding hydrogens is 572 g/mol. The third kappa shape index (κ3) is 7.82. The van der Waals surface area contributed by atoms with Gasteiger partial charge in [0, 0.05) is 28.7 Å². The van der Waals surface area contributed by atoms with Gasteiger partial charge in [-0.25, -0.2) is 10.2 Å². The van der Waals surface area contributed by atoms with Crippen molar-refractivity contribution in [3.8, 4) is 22.9 Å².